The monoisotopic (exact) mass is 380 g/mol. The van der Waals surface area contributed by atoms with Gasteiger partial charge in [-0.3, -0.25) is 9.29 Å². The first-order valence-electron chi connectivity index (χ1n) is 7.66. The van der Waals surface area contributed by atoms with E-state index in [9.17, 15) is 13.2 Å². The van der Waals surface area contributed by atoms with Crippen LogP contribution in [0.2, 0.25) is 5.02 Å². The van der Waals surface area contributed by atoms with Crippen LogP contribution in [0.15, 0.2) is 44.4 Å². The van der Waals surface area contributed by atoms with Crippen molar-refractivity contribution >= 4 is 38.4 Å². The molecule has 0 radical (unpaired) electrons. The van der Waals surface area contributed by atoms with Crippen molar-refractivity contribution in [3.63, 3.8) is 0 Å². The molecule has 1 heterocycles. The molecule has 0 bridgehead atoms. The van der Waals surface area contributed by atoms with Gasteiger partial charge < -0.3 is 4.42 Å². The summed E-state index contributed by atoms with van der Waals surface area (Å²) in [5.41, 5.74) is 2.54. The Hall–Kier alpha value is -2.25. The molecule has 0 saturated heterocycles. The zero-order valence-electron chi connectivity index (χ0n) is 14.0. The molecule has 8 heteroatoms. The highest BCUT2D eigenvalue weighted by molar-refractivity contribution is 7.92. The average Bonchev–Trinajstić information content (AvgIpc) is 2.84. The molecule has 0 unspecified atom stereocenters. The summed E-state index contributed by atoms with van der Waals surface area (Å²) in [7, 11) is -3.86. The van der Waals surface area contributed by atoms with E-state index >= 15 is 0 Å². The van der Waals surface area contributed by atoms with Gasteiger partial charge in [0.05, 0.1) is 16.1 Å². The largest absolute Gasteiger partial charge is 0.419 e. The highest BCUT2D eigenvalue weighted by Gasteiger charge is 2.21. The van der Waals surface area contributed by atoms with E-state index in [2.05, 4.69) is 4.72 Å². The first-order chi connectivity index (χ1) is 11.7. The smallest absolute Gasteiger partial charge is 0.408 e. The van der Waals surface area contributed by atoms with Crippen molar-refractivity contribution in [2.75, 3.05) is 4.72 Å². The second kappa shape index (κ2) is 6.24. The van der Waals surface area contributed by atoms with E-state index in [-0.39, 0.29) is 10.5 Å². The number of anilines is 1. The predicted octanol–water partition coefficient (Wildman–Crippen LogP) is 3.69. The van der Waals surface area contributed by atoms with Gasteiger partial charge in [0.25, 0.3) is 10.0 Å². The summed E-state index contributed by atoms with van der Waals surface area (Å²) in [6.07, 6.45) is 0. The van der Waals surface area contributed by atoms with Gasteiger partial charge in [-0.15, -0.1) is 0 Å². The fraction of sp³-hybridized carbons (Fsp3) is 0.235. The van der Waals surface area contributed by atoms with Gasteiger partial charge in [-0.1, -0.05) is 17.7 Å². The maximum Gasteiger partial charge on any atom is 0.419 e. The minimum atomic E-state index is -3.86. The quantitative estimate of drug-likeness (QED) is 0.748. The molecule has 0 amide bonds. The maximum atomic E-state index is 12.7. The molecule has 0 aliphatic rings. The van der Waals surface area contributed by atoms with Crippen LogP contribution in [0.25, 0.3) is 11.1 Å². The summed E-state index contributed by atoms with van der Waals surface area (Å²) >= 11 is 6.05. The van der Waals surface area contributed by atoms with Crippen LogP contribution in [0.3, 0.4) is 0 Å². The summed E-state index contributed by atoms with van der Waals surface area (Å²) in [5, 5.41) is 0.471. The van der Waals surface area contributed by atoms with E-state index in [0.717, 1.165) is 5.56 Å². The number of fused-ring (bicyclic) bond motifs is 1. The first kappa shape index (κ1) is 17.6. The SMILES string of the molecule is CCn1c(=O)oc2cc(S(=O)(=O)Nc3ccc(C)c(Cl)c3)c(C)cc21. The Morgan fingerprint density at radius 3 is 2.52 bits per heavy atom. The third kappa shape index (κ3) is 3.17. The minimum absolute atomic E-state index is 0.0497. The molecule has 0 atom stereocenters. The van der Waals surface area contributed by atoms with Gasteiger partial charge in [0.15, 0.2) is 5.58 Å². The highest BCUT2D eigenvalue weighted by atomic mass is 35.5. The fourth-order valence-corrected chi connectivity index (χ4v) is 4.12. The number of nitrogens with zero attached hydrogens (tertiary/aromatic N) is 1. The zero-order chi connectivity index (χ0) is 18.4. The molecule has 3 aromatic rings. The Balaban J connectivity index is 2.09. The Morgan fingerprint density at radius 1 is 1.16 bits per heavy atom. The van der Waals surface area contributed by atoms with Crippen LogP contribution >= 0.6 is 11.6 Å². The summed E-state index contributed by atoms with van der Waals surface area (Å²) < 4.78 is 34.6. The van der Waals surface area contributed by atoms with Crippen LogP contribution in [-0.4, -0.2) is 13.0 Å². The third-order valence-corrected chi connectivity index (χ3v) is 5.93. The number of hydrogen-bond acceptors (Lipinski definition) is 4. The second-order valence-corrected chi connectivity index (χ2v) is 7.83. The Labute approximate surface area is 150 Å². The standard InChI is InChI=1S/C17H17ClN2O4S/c1-4-20-14-7-11(3)16(9-15(14)24-17(20)21)25(22,23)19-12-6-5-10(2)13(18)8-12/h5-9,19H,4H2,1-3H3. The first-order valence-corrected chi connectivity index (χ1v) is 9.52. The molecule has 0 aliphatic heterocycles. The summed E-state index contributed by atoms with van der Waals surface area (Å²) in [6.45, 7) is 5.77. The lowest BCUT2D eigenvalue weighted by atomic mass is 10.2. The number of benzene rings is 2. The van der Waals surface area contributed by atoms with Crippen LogP contribution in [0.4, 0.5) is 5.69 Å². The second-order valence-electron chi connectivity index (χ2n) is 5.77. The minimum Gasteiger partial charge on any atom is -0.408 e. The number of halogens is 1. The van der Waals surface area contributed by atoms with Gasteiger partial charge in [0, 0.05) is 17.6 Å². The third-order valence-electron chi connectivity index (χ3n) is 3.99. The molecule has 132 valence electrons. The number of sulfonamides is 1. The van der Waals surface area contributed by atoms with E-state index in [0.29, 0.717) is 28.3 Å². The number of hydrogen-bond donors (Lipinski definition) is 1. The van der Waals surface area contributed by atoms with Crippen molar-refractivity contribution in [2.45, 2.75) is 32.2 Å². The Morgan fingerprint density at radius 2 is 1.88 bits per heavy atom. The predicted molar refractivity (Wildman–Crippen MR) is 97.9 cm³/mol. The van der Waals surface area contributed by atoms with Gasteiger partial charge in [-0.05, 0) is 50.1 Å². The van der Waals surface area contributed by atoms with Crippen LogP contribution in [0.5, 0.6) is 0 Å². The molecule has 0 aliphatic carbocycles. The average molecular weight is 381 g/mol. The van der Waals surface area contributed by atoms with Gasteiger partial charge in [0.2, 0.25) is 0 Å². The summed E-state index contributed by atoms with van der Waals surface area (Å²) in [4.78, 5) is 11.9. The van der Waals surface area contributed by atoms with E-state index in [4.69, 9.17) is 16.0 Å². The van der Waals surface area contributed by atoms with Crippen LogP contribution in [0, 0.1) is 13.8 Å². The molecule has 0 fully saturated rings. The molecule has 6 nitrogen and oxygen atoms in total. The molecule has 1 aromatic heterocycles. The topological polar surface area (TPSA) is 81.3 Å². The van der Waals surface area contributed by atoms with Crippen LogP contribution < -0.4 is 10.5 Å². The van der Waals surface area contributed by atoms with Crippen molar-refractivity contribution in [2.24, 2.45) is 0 Å². The number of aryl methyl sites for hydroxylation is 3. The molecule has 3 rings (SSSR count). The number of aromatic nitrogens is 1. The fourth-order valence-electron chi connectivity index (χ4n) is 2.65. The normalized spacial score (nSPS) is 11.8. The lowest BCUT2D eigenvalue weighted by Crippen LogP contribution is -2.14. The molecule has 1 N–H and O–H groups in total. The number of nitrogens with one attached hydrogen (secondary N) is 1. The molecule has 0 saturated carbocycles. The van der Waals surface area contributed by atoms with Crippen molar-refractivity contribution in [3.05, 3.63) is 57.0 Å². The summed E-state index contributed by atoms with van der Waals surface area (Å²) in [5.74, 6) is -0.510. The van der Waals surface area contributed by atoms with Crippen LogP contribution in [-0.2, 0) is 16.6 Å². The highest BCUT2D eigenvalue weighted by Crippen LogP contribution is 2.26. The van der Waals surface area contributed by atoms with Gasteiger partial charge >= 0.3 is 5.76 Å². The number of rotatable bonds is 4. The van der Waals surface area contributed by atoms with E-state index in [1.165, 1.54) is 10.6 Å². The van der Waals surface area contributed by atoms with Gasteiger partial charge in [-0.25, -0.2) is 13.2 Å². The van der Waals surface area contributed by atoms with E-state index < -0.39 is 15.8 Å². The van der Waals surface area contributed by atoms with Gasteiger partial charge in [0.1, 0.15) is 0 Å². The maximum absolute atomic E-state index is 12.7. The lowest BCUT2D eigenvalue weighted by Gasteiger charge is -2.11. The molecule has 25 heavy (non-hydrogen) atoms. The van der Waals surface area contributed by atoms with E-state index in [1.54, 1.807) is 31.2 Å². The lowest BCUT2D eigenvalue weighted by molar-refractivity contribution is 0.512. The van der Waals surface area contributed by atoms with E-state index in [1.807, 2.05) is 13.8 Å². The van der Waals surface area contributed by atoms with Gasteiger partial charge in [-0.2, -0.15) is 0 Å². The zero-order valence-corrected chi connectivity index (χ0v) is 15.5. The van der Waals surface area contributed by atoms with Crippen molar-refractivity contribution in [1.82, 2.24) is 4.57 Å². The number of oxazole rings is 1. The Bertz CT molecular complexity index is 1130. The molecular formula is C17H17ClN2O4S. The Kier molecular flexibility index (Phi) is 4.38. The molecule has 2 aromatic carbocycles. The molecule has 0 spiro atoms. The van der Waals surface area contributed by atoms with Crippen molar-refractivity contribution < 1.29 is 12.8 Å². The van der Waals surface area contributed by atoms with Crippen molar-refractivity contribution in [3.8, 4) is 0 Å². The van der Waals surface area contributed by atoms with Crippen LogP contribution in [0.1, 0.15) is 18.1 Å². The summed E-state index contributed by atoms with van der Waals surface area (Å²) in [6, 6.07) is 7.93. The molecular weight excluding hydrogens is 364 g/mol. The van der Waals surface area contributed by atoms with Crippen molar-refractivity contribution in [1.29, 1.82) is 0 Å².